The summed E-state index contributed by atoms with van der Waals surface area (Å²) in [5.74, 6) is 0. The van der Waals surface area contributed by atoms with Crippen LogP contribution in [0, 0.1) is 6.92 Å². The molecule has 104 valence electrons. The van der Waals surface area contributed by atoms with E-state index in [2.05, 4.69) is 54.6 Å². The molecule has 1 aliphatic carbocycles. The highest BCUT2D eigenvalue weighted by Gasteiger charge is 2.21. The molecule has 3 rings (SSSR count). The fourth-order valence-electron chi connectivity index (χ4n) is 2.68. The van der Waals surface area contributed by atoms with Crippen LogP contribution in [0.4, 0.5) is 0 Å². The molecule has 1 aromatic carbocycles. The molecular formula is C18H21NO. The molecule has 2 heteroatoms. The second kappa shape index (κ2) is 6.08. The van der Waals surface area contributed by atoms with Crippen molar-refractivity contribution in [1.29, 1.82) is 0 Å². The third-order valence-electron chi connectivity index (χ3n) is 3.94. The molecule has 2 aliphatic rings. The highest BCUT2D eigenvalue weighted by molar-refractivity contribution is 6.01. The molecule has 0 aromatic heterocycles. The van der Waals surface area contributed by atoms with Gasteiger partial charge in [-0.05, 0) is 38.2 Å². The van der Waals surface area contributed by atoms with Crippen molar-refractivity contribution in [1.82, 2.24) is 0 Å². The predicted octanol–water partition coefficient (Wildman–Crippen LogP) is 4.54. The van der Waals surface area contributed by atoms with Crippen LogP contribution in [0.15, 0.2) is 53.2 Å². The Kier molecular flexibility index (Phi) is 4.00. The van der Waals surface area contributed by atoms with E-state index in [-0.39, 0.29) is 6.10 Å². The number of allylic oxidation sites excluding steroid dienone is 4. The first-order valence-electron chi connectivity index (χ1n) is 7.46. The summed E-state index contributed by atoms with van der Waals surface area (Å²) in [6.07, 6.45) is 12.5. The number of rotatable bonds is 4. The molecule has 1 unspecified atom stereocenters. The lowest BCUT2D eigenvalue weighted by Gasteiger charge is -2.10. The van der Waals surface area contributed by atoms with E-state index in [1.807, 2.05) is 0 Å². The summed E-state index contributed by atoms with van der Waals surface area (Å²) in [7, 11) is 0. The maximum Gasteiger partial charge on any atom is 0.133 e. The summed E-state index contributed by atoms with van der Waals surface area (Å²) < 4.78 is 0. The summed E-state index contributed by atoms with van der Waals surface area (Å²) in [5.41, 5.74) is 5.00. The lowest BCUT2D eigenvalue weighted by Crippen LogP contribution is -2.08. The SMILES string of the molecule is Cc1ccc(C2=NOC(CCC3=CCCC=C3)C2)cc1. The van der Waals surface area contributed by atoms with Crippen LogP contribution in [-0.4, -0.2) is 11.8 Å². The Balaban J connectivity index is 1.52. The van der Waals surface area contributed by atoms with Crippen LogP contribution in [0.3, 0.4) is 0 Å². The van der Waals surface area contributed by atoms with Gasteiger partial charge in [-0.15, -0.1) is 0 Å². The van der Waals surface area contributed by atoms with Crippen molar-refractivity contribution in [3.63, 3.8) is 0 Å². The van der Waals surface area contributed by atoms with E-state index in [0.717, 1.165) is 25.0 Å². The highest BCUT2D eigenvalue weighted by atomic mass is 16.6. The van der Waals surface area contributed by atoms with Crippen molar-refractivity contribution in [3.8, 4) is 0 Å². The summed E-state index contributed by atoms with van der Waals surface area (Å²) in [4.78, 5) is 5.58. The first kappa shape index (κ1) is 13.2. The summed E-state index contributed by atoms with van der Waals surface area (Å²) in [6.45, 7) is 2.10. The van der Waals surface area contributed by atoms with Crippen molar-refractivity contribution in [3.05, 3.63) is 59.2 Å². The summed E-state index contributed by atoms with van der Waals surface area (Å²) >= 11 is 0. The van der Waals surface area contributed by atoms with Gasteiger partial charge in [-0.25, -0.2) is 0 Å². The molecule has 0 saturated carbocycles. The number of nitrogens with zero attached hydrogens (tertiary/aromatic N) is 1. The van der Waals surface area contributed by atoms with E-state index in [4.69, 9.17) is 4.84 Å². The Morgan fingerprint density at radius 3 is 2.80 bits per heavy atom. The van der Waals surface area contributed by atoms with Crippen LogP contribution in [0.1, 0.15) is 43.2 Å². The average molecular weight is 267 g/mol. The van der Waals surface area contributed by atoms with E-state index in [0.29, 0.717) is 0 Å². The Hall–Kier alpha value is -1.83. The van der Waals surface area contributed by atoms with Gasteiger partial charge in [-0.1, -0.05) is 58.8 Å². The van der Waals surface area contributed by atoms with Crippen molar-refractivity contribution in [2.45, 2.75) is 45.1 Å². The quantitative estimate of drug-likeness (QED) is 0.784. The van der Waals surface area contributed by atoms with Crippen LogP contribution < -0.4 is 0 Å². The molecular weight excluding hydrogens is 246 g/mol. The third kappa shape index (κ3) is 3.19. The van der Waals surface area contributed by atoms with E-state index in [1.54, 1.807) is 0 Å². The maximum absolute atomic E-state index is 5.58. The summed E-state index contributed by atoms with van der Waals surface area (Å²) in [6, 6.07) is 8.52. The first-order chi connectivity index (χ1) is 9.81. The molecule has 0 amide bonds. The van der Waals surface area contributed by atoms with Gasteiger partial charge in [0.15, 0.2) is 0 Å². The normalized spacial score (nSPS) is 21.4. The molecule has 1 atom stereocenters. The van der Waals surface area contributed by atoms with Crippen LogP contribution >= 0.6 is 0 Å². The number of hydrogen-bond donors (Lipinski definition) is 0. The fourth-order valence-corrected chi connectivity index (χ4v) is 2.68. The Morgan fingerprint density at radius 2 is 2.05 bits per heavy atom. The van der Waals surface area contributed by atoms with Gasteiger partial charge < -0.3 is 4.84 Å². The molecule has 2 nitrogen and oxygen atoms in total. The van der Waals surface area contributed by atoms with Gasteiger partial charge in [-0.2, -0.15) is 0 Å². The van der Waals surface area contributed by atoms with E-state index in [9.17, 15) is 0 Å². The predicted molar refractivity (Wildman–Crippen MR) is 82.9 cm³/mol. The Labute approximate surface area is 120 Å². The van der Waals surface area contributed by atoms with Gasteiger partial charge in [0.1, 0.15) is 6.10 Å². The van der Waals surface area contributed by atoms with E-state index < -0.39 is 0 Å². The zero-order chi connectivity index (χ0) is 13.8. The molecule has 1 heterocycles. The fraction of sp³-hybridized carbons (Fsp3) is 0.389. The van der Waals surface area contributed by atoms with Crippen LogP contribution in [0.25, 0.3) is 0 Å². The van der Waals surface area contributed by atoms with Gasteiger partial charge >= 0.3 is 0 Å². The first-order valence-corrected chi connectivity index (χ1v) is 7.46. The topological polar surface area (TPSA) is 21.6 Å². The van der Waals surface area contributed by atoms with Gasteiger partial charge in [0.2, 0.25) is 0 Å². The van der Waals surface area contributed by atoms with E-state index >= 15 is 0 Å². The van der Waals surface area contributed by atoms with Gasteiger partial charge in [0.25, 0.3) is 0 Å². The second-order valence-corrected chi connectivity index (χ2v) is 5.63. The van der Waals surface area contributed by atoms with Crippen molar-refractivity contribution < 1.29 is 4.84 Å². The Morgan fingerprint density at radius 1 is 1.20 bits per heavy atom. The Bertz CT molecular complexity index is 551. The zero-order valence-corrected chi connectivity index (χ0v) is 12.0. The smallest absolute Gasteiger partial charge is 0.133 e. The van der Waals surface area contributed by atoms with Crippen LogP contribution in [-0.2, 0) is 4.84 Å². The molecule has 0 N–H and O–H groups in total. The number of benzene rings is 1. The molecule has 0 radical (unpaired) electrons. The molecule has 1 aliphatic heterocycles. The average Bonchev–Trinajstić information content (AvgIpc) is 2.96. The van der Waals surface area contributed by atoms with Crippen LogP contribution in [0.2, 0.25) is 0 Å². The largest absolute Gasteiger partial charge is 0.392 e. The zero-order valence-electron chi connectivity index (χ0n) is 12.0. The van der Waals surface area contributed by atoms with Gasteiger partial charge in [-0.3, -0.25) is 0 Å². The molecule has 1 aromatic rings. The molecule has 0 bridgehead atoms. The minimum atomic E-state index is 0.238. The molecule has 20 heavy (non-hydrogen) atoms. The van der Waals surface area contributed by atoms with Gasteiger partial charge in [0, 0.05) is 6.42 Å². The highest BCUT2D eigenvalue weighted by Crippen LogP contribution is 2.23. The summed E-state index contributed by atoms with van der Waals surface area (Å²) in [5, 5.41) is 4.26. The number of hydrogen-bond acceptors (Lipinski definition) is 2. The number of oxime groups is 1. The van der Waals surface area contributed by atoms with Crippen molar-refractivity contribution in [2.75, 3.05) is 0 Å². The minimum absolute atomic E-state index is 0.238. The second-order valence-electron chi connectivity index (χ2n) is 5.63. The van der Waals surface area contributed by atoms with Crippen molar-refractivity contribution in [2.24, 2.45) is 5.16 Å². The van der Waals surface area contributed by atoms with Crippen LogP contribution in [0.5, 0.6) is 0 Å². The molecule has 0 spiro atoms. The third-order valence-corrected chi connectivity index (χ3v) is 3.94. The monoisotopic (exact) mass is 267 g/mol. The molecule has 0 fully saturated rings. The van der Waals surface area contributed by atoms with Crippen molar-refractivity contribution >= 4 is 5.71 Å². The lowest BCUT2D eigenvalue weighted by molar-refractivity contribution is 0.0795. The molecule has 0 saturated heterocycles. The minimum Gasteiger partial charge on any atom is -0.392 e. The lowest BCUT2D eigenvalue weighted by atomic mass is 9.97. The van der Waals surface area contributed by atoms with Gasteiger partial charge in [0.05, 0.1) is 5.71 Å². The number of aryl methyl sites for hydroxylation is 1. The maximum atomic E-state index is 5.58. The van der Waals surface area contributed by atoms with E-state index in [1.165, 1.54) is 29.5 Å². The standard InChI is InChI=1S/C18H21NO/c1-14-7-10-16(11-8-14)18-13-17(20-19-18)12-9-15-5-3-2-4-6-15/h3,5-8,10-11,17H,2,4,9,12-13H2,1H3.